The van der Waals surface area contributed by atoms with Gasteiger partial charge in [0.25, 0.3) is 0 Å². The first-order chi connectivity index (χ1) is 16.0. The number of halogens is 2. The molecule has 0 amide bonds. The monoisotopic (exact) mass is 495 g/mol. The third-order valence-electron chi connectivity index (χ3n) is 6.69. The predicted molar refractivity (Wildman–Crippen MR) is 141 cm³/mol. The van der Waals surface area contributed by atoms with Crippen LogP contribution in [0.25, 0.3) is 0 Å². The van der Waals surface area contributed by atoms with Gasteiger partial charge in [0, 0.05) is 33.4 Å². The van der Waals surface area contributed by atoms with Crippen molar-refractivity contribution in [3.05, 3.63) is 93.2 Å². The van der Waals surface area contributed by atoms with Crippen LogP contribution in [0.2, 0.25) is 10.0 Å². The summed E-state index contributed by atoms with van der Waals surface area (Å²) in [6.07, 6.45) is 1.87. The fourth-order valence-electron chi connectivity index (χ4n) is 4.41. The molecule has 2 heterocycles. The SMILES string of the molecule is CCOc1cc(C(C)(C)C)ncc1C1=N[C@@](C)(c2ccc(Cl)cc2)[C@](C)(c2ccc(Cl)cc2)N1. The quantitative estimate of drug-likeness (QED) is 0.404. The average molecular weight is 496 g/mol. The van der Waals surface area contributed by atoms with Gasteiger partial charge in [-0.05, 0) is 56.2 Å². The highest BCUT2D eigenvalue weighted by Gasteiger charge is 2.52. The molecule has 1 aliphatic heterocycles. The molecule has 178 valence electrons. The third kappa shape index (κ3) is 4.30. The van der Waals surface area contributed by atoms with Crippen LogP contribution < -0.4 is 10.1 Å². The van der Waals surface area contributed by atoms with Crippen molar-refractivity contribution in [1.29, 1.82) is 0 Å². The van der Waals surface area contributed by atoms with Crippen LogP contribution in [0.5, 0.6) is 5.75 Å². The second-order valence-electron chi connectivity index (χ2n) is 10.0. The first-order valence-electron chi connectivity index (χ1n) is 11.5. The second-order valence-corrected chi connectivity index (χ2v) is 10.9. The van der Waals surface area contributed by atoms with Crippen LogP contribution in [0.3, 0.4) is 0 Å². The highest BCUT2D eigenvalue weighted by Crippen LogP contribution is 2.48. The van der Waals surface area contributed by atoms with Crippen molar-refractivity contribution in [1.82, 2.24) is 10.3 Å². The number of pyridine rings is 1. The van der Waals surface area contributed by atoms with Crippen LogP contribution in [0.4, 0.5) is 0 Å². The molecule has 0 bridgehead atoms. The molecule has 0 saturated carbocycles. The lowest BCUT2D eigenvalue weighted by Crippen LogP contribution is -2.50. The molecular formula is C28H31Cl2N3O. The van der Waals surface area contributed by atoms with Gasteiger partial charge >= 0.3 is 0 Å². The Kier molecular flexibility index (Phi) is 6.43. The first kappa shape index (κ1) is 24.6. The lowest BCUT2D eigenvalue weighted by molar-refractivity contribution is 0.268. The molecule has 4 rings (SSSR count). The number of nitrogens with zero attached hydrogens (tertiary/aromatic N) is 2. The Bertz CT molecular complexity index is 1220. The highest BCUT2D eigenvalue weighted by molar-refractivity contribution is 6.30. The van der Waals surface area contributed by atoms with E-state index in [4.69, 9.17) is 37.9 Å². The Morgan fingerprint density at radius 1 is 0.912 bits per heavy atom. The van der Waals surface area contributed by atoms with E-state index in [-0.39, 0.29) is 5.41 Å². The smallest absolute Gasteiger partial charge is 0.135 e. The zero-order valence-corrected chi connectivity index (χ0v) is 22.1. The summed E-state index contributed by atoms with van der Waals surface area (Å²) in [7, 11) is 0. The fraction of sp³-hybridized carbons (Fsp3) is 0.357. The largest absolute Gasteiger partial charge is 0.493 e. The maximum Gasteiger partial charge on any atom is 0.135 e. The van der Waals surface area contributed by atoms with Crippen molar-refractivity contribution in [2.75, 3.05) is 6.61 Å². The van der Waals surface area contributed by atoms with Crippen LogP contribution in [-0.4, -0.2) is 17.4 Å². The Balaban J connectivity index is 1.90. The number of amidine groups is 1. The molecule has 6 heteroatoms. The minimum atomic E-state index is -0.632. The predicted octanol–water partition coefficient (Wildman–Crippen LogP) is 7.27. The van der Waals surface area contributed by atoms with Gasteiger partial charge in [-0.15, -0.1) is 0 Å². The summed E-state index contributed by atoms with van der Waals surface area (Å²) in [5.74, 6) is 1.51. The molecule has 1 aliphatic rings. The van der Waals surface area contributed by atoms with Crippen molar-refractivity contribution in [2.45, 2.75) is 58.0 Å². The highest BCUT2D eigenvalue weighted by atomic mass is 35.5. The fourth-order valence-corrected chi connectivity index (χ4v) is 4.67. The van der Waals surface area contributed by atoms with E-state index in [1.807, 2.05) is 67.7 Å². The zero-order valence-electron chi connectivity index (χ0n) is 20.5. The molecule has 0 radical (unpaired) electrons. The lowest BCUT2D eigenvalue weighted by atomic mass is 9.72. The Labute approximate surface area is 212 Å². The van der Waals surface area contributed by atoms with E-state index in [9.17, 15) is 0 Å². The summed E-state index contributed by atoms with van der Waals surface area (Å²) in [4.78, 5) is 10.1. The van der Waals surface area contributed by atoms with Gasteiger partial charge in [-0.3, -0.25) is 9.98 Å². The lowest BCUT2D eigenvalue weighted by Gasteiger charge is -2.40. The van der Waals surface area contributed by atoms with Gasteiger partial charge in [-0.2, -0.15) is 0 Å². The standard InChI is InChI=1S/C28H31Cl2N3O/c1-7-34-23-16-24(26(2,3)4)31-17-22(23)25-32-27(5,18-8-12-20(29)13-9-18)28(6,33-25)19-10-14-21(30)15-11-19/h8-17H,7H2,1-6H3,(H,32,33)/t27-,28-/m0/s1. The summed E-state index contributed by atoms with van der Waals surface area (Å²) < 4.78 is 6.07. The van der Waals surface area contributed by atoms with Crippen LogP contribution in [0, 0.1) is 0 Å². The van der Waals surface area contributed by atoms with Crippen molar-refractivity contribution in [2.24, 2.45) is 4.99 Å². The van der Waals surface area contributed by atoms with Crippen LogP contribution in [-0.2, 0) is 16.5 Å². The summed E-state index contributed by atoms with van der Waals surface area (Å²) in [6.45, 7) is 13.3. The van der Waals surface area contributed by atoms with Crippen molar-refractivity contribution < 1.29 is 4.74 Å². The molecule has 0 spiro atoms. The number of aromatic nitrogens is 1. The number of aliphatic imine (C=N–C) groups is 1. The Hall–Kier alpha value is -2.56. The molecule has 1 N–H and O–H groups in total. The van der Waals surface area contributed by atoms with Gasteiger partial charge in [0.05, 0.1) is 17.7 Å². The molecule has 0 aliphatic carbocycles. The van der Waals surface area contributed by atoms with Crippen LogP contribution in [0.15, 0.2) is 65.8 Å². The molecule has 1 aromatic heterocycles. The van der Waals surface area contributed by atoms with Gasteiger partial charge in [0.15, 0.2) is 0 Å². The molecule has 2 atom stereocenters. The van der Waals surface area contributed by atoms with E-state index in [1.54, 1.807) is 0 Å². The van der Waals surface area contributed by atoms with Gasteiger partial charge in [-0.25, -0.2) is 0 Å². The maximum absolute atomic E-state index is 6.21. The molecule has 34 heavy (non-hydrogen) atoms. The molecular weight excluding hydrogens is 465 g/mol. The number of ether oxygens (including phenoxy) is 1. The van der Waals surface area contributed by atoms with Crippen LogP contribution >= 0.6 is 23.2 Å². The van der Waals surface area contributed by atoms with Crippen LogP contribution in [0.1, 0.15) is 63.9 Å². The molecule has 2 aromatic carbocycles. The summed E-state index contributed by atoms with van der Waals surface area (Å²) >= 11 is 12.4. The number of rotatable bonds is 5. The van der Waals surface area contributed by atoms with Gasteiger partial charge < -0.3 is 10.1 Å². The number of hydrogen-bond donors (Lipinski definition) is 1. The minimum Gasteiger partial charge on any atom is -0.493 e. The molecule has 0 unspecified atom stereocenters. The number of nitrogens with one attached hydrogen (secondary N) is 1. The Morgan fingerprint density at radius 3 is 2.00 bits per heavy atom. The van der Waals surface area contributed by atoms with Crippen molar-refractivity contribution in [3.8, 4) is 5.75 Å². The van der Waals surface area contributed by atoms with E-state index in [2.05, 4.69) is 39.9 Å². The van der Waals surface area contributed by atoms with E-state index < -0.39 is 11.1 Å². The van der Waals surface area contributed by atoms with Crippen molar-refractivity contribution >= 4 is 29.0 Å². The maximum atomic E-state index is 6.21. The normalized spacial score (nSPS) is 22.3. The number of hydrogen-bond acceptors (Lipinski definition) is 4. The Morgan fingerprint density at radius 2 is 1.47 bits per heavy atom. The van der Waals surface area contributed by atoms with Gasteiger partial charge in [0.2, 0.25) is 0 Å². The zero-order chi connectivity index (χ0) is 24.7. The molecule has 0 saturated heterocycles. The van der Waals surface area contributed by atoms with Crippen molar-refractivity contribution in [3.63, 3.8) is 0 Å². The molecule has 3 aromatic rings. The molecule has 4 nitrogen and oxygen atoms in total. The minimum absolute atomic E-state index is 0.0923. The van der Waals surface area contributed by atoms with E-state index in [0.717, 1.165) is 34.0 Å². The van der Waals surface area contributed by atoms with E-state index in [1.165, 1.54) is 0 Å². The summed E-state index contributed by atoms with van der Waals surface area (Å²) in [6, 6.07) is 17.8. The van der Waals surface area contributed by atoms with Gasteiger partial charge in [-0.1, -0.05) is 68.2 Å². The first-order valence-corrected chi connectivity index (χ1v) is 12.3. The van der Waals surface area contributed by atoms with E-state index >= 15 is 0 Å². The average Bonchev–Trinajstić information content (AvgIpc) is 3.06. The topological polar surface area (TPSA) is 46.5 Å². The molecule has 0 fully saturated rings. The summed E-state index contributed by atoms with van der Waals surface area (Å²) in [5, 5.41) is 5.12. The third-order valence-corrected chi connectivity index (χ3v) is 7.20. The summed E-state index contributed by atoms with van der Waals surface area (Å²) in [5.41, 5.74) is 2.65. The number of benzene rings is 2. The second kappa shape index (κ2) is 8.90. The van der Waals surface area contributed by atoms with Gasteiger partial charge in [0.1, 0.15) is 17.1 Å². The van der Waals surface area contributed by atoms with E-state index in [0.29, 0.717) is 16.7 Å².